The van der Waals surface area contributed by atoms with Crippen LogP contribution in [0.3, 0.4) is 0 Å². The Labute approximate surface area is 140 Å². The van der Waals surface area contributed by atoms with Crippen molar-refractivity contribution in [3.8, 4) is 0 Å². The lowest BCUT2D eigenvalue weighted by atomic mass is 10.1. The van der Waals surface area contributed by atoms with Crippen molar-refractivity contribution < 1.29 is 9.18 Å². The third kappa shape index (κ3) is 3.79. The second-order valence-electron chi connectivity index (χ2n) is 5.81. The molecule has 5 heteroatoms. The first-order valence-corrected chi connectivity index (χ1v) is 8.05. The van der Waals surface area contributed by atoms with Crippen molar-refractivity contribution >= 4 is 16.9 Å². The molecule has 3 aromatic rings. The van der Waals surface area contributed by atoms with E-state index in [1.165, 1.54) is 12.1 Å². The molecule has 0 fully saturated rings. The molecule has 0 aliphatic carbocycles. The van der Waals surface area contributed by atoms with E-state index in [1.54, 1.807) is 6.07 Å². The highest BCUT2D eigenvalue weighted by atomic mass is 19.1. The van der Waals surface area contributed by atoms with Gasteiger partial charge in [-0.25, -0.2) is 9.37 Å². The van der Waals surface area contributed by atoms with Crippen LogP contribution >= 0.6 is 0 Å². The number of carbonyl (C=O) groups excluding carboxylic acids is 1. The number of fused-ring (bicyclic) bond motifs is 1. The highest BCUT2D eigenvalue weighted by Crippen LogP contribution is 2.14. The summed E-state index contributed by atoms with van der Waals surface area (Å²) in [5, 5.41) is 2.90. The number of rotatable bonds is 6. The molecule has 0 saturated carbocycles. The fourth-order valence-corrected chi connectivity index (χ4v) is 2.77. The van der Waals surface area contributed by atoms with Crippen LogP contribution in [0.2, 0.25) is 0 Å². The monoisotopic (exact) mass is 325 g/mol. The molecule has 0 unspecified atom stereocenters. The Morgan fingerprint density at radius 1 is 1.17 bits per heavy atom. The Bertz CT molecular complexity index is 857. The van der Waals surface area contributed by atoms with Gasteiger partial charge in [-0.15, -0.1) is 0 Å². The average Bonchev–Trinajstić information content (AvgIpc) is 2.90. The van der Waals surface area contributed by atoms with Gasteiger partial charge in [0.05, 0.1) is 11.0 Å². The van der Waals surface area contributed by atoms with Gasteiger partial charge in [-0.05, 0) is 36.2 Å². The predicted molar refractivity (Wildman–Crippen MR) is 92.1 cm³/mol. The Balaban J connectivity index is 1.48. The number of hydrogen-bond donors (Lipinski definition) is 1. The molecule has 4 nitrogen and oxygen atoms in total. The van der Waals surface area contributed by atoms with Crippen LogP contribution in [0.4, 0.5) is 4.39 Å². The van der Waals surface area contributed by atoms with Crippen molar-refractivity contribution in [1.29, 1.82) is 0 Å². The first-order chi connectivity index (χ1) is 11.6. The summed E-state index contributed by atoms with van der Waals surface area (Å²) in [5.41, 5.74) is 2.89. The van der Waals surface area contributed by atoms with Gasteiger partial charge in [0.2, 0.25) is 5.91 Å². The van der Waals surface area contributed by atoms with E-state index < -0.39 is 0 Å². The Morgan fingerprint density at radius 3 is 2.79 bits per heavy atom. The van der Waals surface area contributed by atoms with Crippen molar-refractivity contribution in [3.05, 3.63) is 65.7 Å². The first kappa shape index (κ1) is 16.2. The van der Waals surface area contributed by atoms with Crippen molar-refractivity contribution in [1.82, 2.24) is 14.9 Å². The van der Waals surface area contributed by atoms with Crippen LogP contribution in [0.15, 0.2) is 48.5 Å². The van der Waals surface area contributed by atoms with Crippen LogP contribution < -0.4 is 5.32 Å². The predicted octanol–water partition coefficient (Wildman–Crippen LogP) is 3.00. The molecule has 124 valence electrons. The summed E-state index contributed by atoms with van der Waals surface area (Å²) >= 11 is 0. The SMILES string of the molecule is Cn1c(CCNC(=O)CCc2cccc(F)c2)nc2ccccc21. The van der Waals surface area contributed by atoms with Gasteiger partial charge >= 0.3 is 0 Å². The Kier molecular flexibility index (Phi) is 4.89. The molecule has 0 aliphatic rings. The van der Waals surface area contributed by atoms with Crippen LogP contribution in [0.1, 0.15) is 17.8 Å². The zero-order chi connectivity index (χ0) is 16.9. The van der Waals surface area contributed by atoms with Gasteiger partial charge < -0.3 is 9.88 Å². The summed E-state index contributed by atoms with van der Waals surface area (Å²) in [7, 11) is 1.98. The van der Waals surface area contributed by atoms with E-state index in [1.807, 2.05) is 41.9 Å². The Hall–Kier alpha value is -2.69. The summed E-state index contributed by atoms with van der Waals surface area (Å²) in [6, 6.07) is 14.3. The van der Waals surface area contributed by atoms with Crippen molar-refractivity contribution in [3.63, 3.8) is 0 Å². The minimum Gasteiger partial charge on any atom is -0.356 e. The Morgan fingerprint density at radius 2 is 2.00 bits per heavy atom. The zero-order valence-corrected chi connectivity index (χ0v) is 13.6. The molecular weight excluding hydrogens is 305 g/mol. The topological polar surface area (TPSA) is 46.9 Å². The van der Waals surface area contributed by atoms with Crippen LogP contribution in [0, 0.1) is 5.82 Å². The number of carbonyl (C=O) groups is 1. The van der Waals surface area contributed by atoms with Gasteiger partial charge in [-0.1, -0.05) is 24.3 Å². The number of nitrogens with zero attached hydrogens (tertiary/aromatic N) is 2. The maximum Gasteiger partial charge on any atom is 0.220 e. The maximum atomic E-state index is 13.1. The van der Waals surface area contributed by atoms with E-state index in [2.05, 4.69) is 10.3 Å². The zero-order valence-electron chi connectivity index (χ0n) is 13.6. The summed E-state index contributed by atoms with van der Waals surface area (Å²) in [4.78, 5) is 16.5. The molecule has 1 amide bonds. The van der Waals surface area contributed by atoms with E-state index in [9.17, 15) is 9.18 Å². The van der Waals surface area contributed by atoms with Crippen LogP contribution in [0.5, 0.6) is 0 Å². The molecule has 1 heterocycles. The van der Waals surface area contributed by atoms with Gasteiger partial charge in [0.1, 0.15) is 11.6 Å². The number of amides is 1. The quantitative estimate of drug-likeness (QED) is 0.757. The number of benzene rings is 2. The minimum atomic E-state index is -0.269. The normalized spacial score (nSPS) is 10.9. The molecule has 3 rings (SSSR count). The molecular formula is C19H20FN3O. The lowest BCUT2D eigenvalue weighted by molar-refractivity contribution is -0.121. The highest BCUT2D eigenvalue weighted by Gasteiger charge is 2.08. The number of halogens is 1. The number of hydrogen-bond acceptors (Lipinski definition) is 2. The lowest BCUT2D eigenvalue weighted by Crippen LogP contribution is -2.26. The lowest BCUT2D eigenvalue weighted by Gasteiger charge is -2.06. The number of aryl methyl sites for hydroxylation is 2. The molecule has 1 N–H and O–H groups in total. The highest BCUT2D eigenvalue weighted by molar-refractivity contribution is 5.76. The fraction of sp³-hybridized carbons (Fsp3) is 0.263. The molecule has 0 saturated heterocycles. The maximum absolute atomic E-state index is 13.1. The van der Waals surface area contributed by atoms with Crippen molar-refractivity contribution in [2.24, 2.45) is 7.05 Å². The molecule has 0 spiro atoms. The third-order valence-corrected chi connectivity index (χ3v) is 4.08. The van der Waals surface area contributed by atoms with E-state index in [-0.39, 0.29) is 11.7 Å². The van der Waals surface area contributed by atoms with E-state index in [4.69, 9.17) is 0 Å². The molecule has 0 bridgehead atoms. The van der Waals surface area contributed by atoms with Gasteiger partial charge in [-0.2, -0.15) is 0 Å². The van der Waals surface area contributed by atoms with Crippen LogP contribution in [-0.4, -0.2) is 22.0 Å². The van der Waals surface area contributed by atoms with Gasteiger partial charge in [-0.3, -0.25) is 4.79 Å². The van der Waals surface area contributed by atoms with Crippen LogP contribution in [0.25, 0.3) is 11.0 Å². The van der Waals surface area contributed by atoms with Crippen LogP contribution in [-0.2, 0) is 24.7 Å². The van der Waals surface area contributed by atoms with Gasteiger partial charge in [0, 0.05) is 26.4 Å². The first-order valence-electron chi connectivity index (χ1n) is 8.05. The van der Waals surface area contributed by atoms with E-state index >= 15 is 0 Å². The second-order valence-corrected chi connectivity index (χ2v) is 5.81. The molecule has 2 aromatic carbocycles. The largest absolute Gasteiger partial charge is 0.356 e. The minimum absolute atomic E-state index is 0.0296. The summed E-state index contributed by atoms with van der Waals surface area (Å²) in [6.45, 7) is 0.541. The summed E-state index contributed by atoms with van der Waals surface area (Å²) < 4.78 is 15.1. The summed E-state index contributed by atoms with van der Waals surface area (Å²) in [6.07, 6.45) is 1.57. The van der Waals surface area contributed by atoms with Crippen molar-refractivity contribution in [2.45, 2.75) is 19.3 Å². The number of nitrogens with one attached hydrogen (secondary N) is 1. The smallest absolute Gasteiger partial charge is 0.220 e. The number of aromatic nitrogens is 2. The average molecular weight is 325 g/mol. The number of imidazole rings is 1. The second kappa shape index (κ2) is 7.25. The standard InChI is InChI=1S/C19H20FN3O/c1-23-17-8-3-2-7-16(17)22-18(23)11-12-21-19(24)10-9-14-5-4-6-15(20)13-14/h2-8,13H,9-12H2,1H3,(H,21,24). The van der Waals surface area contributed by atoms with Gasteiger partial charge in [0.15, 0.2) is 0 Å². The third-order valence-electron chi connectivity index (χ3n) is 4.08. The summed E-state index contributed by atoms with van der Waals surface area (Å²) in [5.74, 6) is 0.648. The molecule has 0 radical (unpaired) electrons. The van der Waals surface area contributed by atoms with E-state index in [0.717, 1.165) is 22.4 Å². The molecule has 24 heavy (non-hydrogen) atoms. The van der Waals surface area contributed by atoms with E-state index in [0.29, 0.717) is 25.8 Å². The fourth-order valence-electron chi connectivity index (χ4n) is 2.77. The number of para-hydroxylation sites is 2. The molecule has 0 aliphatic heterocycles. The van der Waals surface area contributed by atoms with Gasteiger partial charge in [0.25, 0.3) is 0 Å². The molecule has 1 aromatic heterocycles. The molecule has 0 atom stereocenters. The van der Waals surface area contributed by atoms with Crippen molar-refractivity contribution in [2.75, 3.05) is 6.54 Å².